The van der Waals surface area contributed by atoms with Crippen molar-refractivity contribution in [3.8, 4) is 17.1 Å². The number of rotatable bonds is 19. The molecule has 0 aliphatic carbocycles. The molecule has 212 valence electrons. The minimum Gasteiger partial charge on any atom is -0.385 e. The van der Waals surface area contributed by atoms with Gasteiger partial charge in [0.1, 0.15) is 5.75 Å². The molecule has 38 heavy (non-hydrogen) atoms. The summed E-state index contributed by atoms with van der Waals surface area (Å²) in [4.78, 5) is 28.0. The van der Waals surface area contributed by atoms with Gasteiger partial charge in [0.15, 0.2) is 5.82 Å². The van der Waals surface area contributed by atoms with E-state index in [4.69, 9.17) is 4.18 Å². The fourth-order valence-corrected chi connectivity index (χ4v) is 5.01. The lowest BCUT2D eigenvalue weighted by molar-refractivity contribution is -0.117. The van der Waals surface area contributed by atoms with Crippen LogP contribution in [0, 0.1) is 0 Å². The molecule has 0 fully saturated rings. The summed E-state index contributed by atoms with van der Waals surface area (Å²) in [6, 6.07) is 6.59. The fraction of sp³-hybridized carbons (Fsp3) is 0.615. The second-order valence-corrected chi connectivity index (χ2v) is 10.8. The van der Waals surface area contributed by atoms with E-state index in [0.29, 0.717) is 22.3 Å². The van der Waals surface area contributed by atoms with Gasteiger partial charge < -0.3 is 9.50 Å². The highest BCUT2D eigenvalue weighted by Gasteiger charge is 2.14. The van der Waals surface area contributed by atoms with Gasteiger partial charge in [-0.1, -0.05) is 90.2 Å². The van der Waals surface area contributed by atoms with E-state index in [-0.39, 0.29) is 12.1 Å². The van der Waals surface area contributed by atoms with Crippen LogP contribution in [-0.4, -0.2) is 31.5 Å². The zero-order valence-electron chi connectivity index (χ0n) is 22.7. The molecule has 0 saturated heterocycles. The highest BCUT2D eigenvalue weighted by Crippen LogP contribution is 2.24. The maximum Gasteiger partial charge on any atom is 0.333 e. The second kappa shape index (κ2) is 18.5. The smallest absolute Gasteiger partial charge is 0.333 e. The van der Waals surface area contributed by atoms with Gasteiger partial charge in [-0.3, -0.25) is 10.2 Å². The molecule has 0 aliphatic rings. The minimum atomic E-state index is -1.99. The Morgan fingerprint density at radius 2 is 1.66 bits per heavy atom. The Kier molecular flexibility index (Phi) is 15.3. The average molecular weight is 567 g/mol. The van der Waals surface area contributed by atoms with Crippen LogP contribution in [0.25, 0.3) is 11.4 Å². The Labute approximate surface area is 233 Å². The van der Waals surface area contributed by atoms with Gasteiger partial charge in [0.05, 0.1) is 0 Å². The molecule has 12 heteroatoms. The van der Waals surface area contributed by atoms with Crippen LogP contribution in [-0.2, 0) is 16.1 Å². The molecule has 1 heterocycles. The van der Waals surface area contributed by atoms with Gasteiger partial charge in [0, 0.05) is 30.1 Å². The van der Waals surface area contributed by atoms with Crippen LogP contribution in [0.5, 0.6) is 5.75 Å². The van der Waals surface area contributed by atoms with Crippen molar-refractivity contribution >= 4 is 39.9 Å². The number of hydrazine groups is 1. The number of hydrogen-bond donors (Lipinski definition) is 4. The quantitative estimate of drug-likeness (QED) is 0.121. The molecule has 0 radical (unpaired) electrons. The SMILES string of the molecule is CCCCCCCCC(CCCCCC)NC(=O)NNc1nc(-c2cccc(OS(=O)NC(C)=O)c2)ns1. The van der Waals surface area contributed by atoms with Crippen LogP contribution in [0.1, 0.15) is 97.8 Å². The zero-order chi connectivity index (χ0) is 27.6. The third-order valence-electron chi connectivity index (χ3n) is 5.85. The summed E-state index contributed by atoms with van der Waals surface area (Å²) >= 11 is -0.884. The number of carbonyl (C=O) groups excluding carboxylic acids is 2. The first kappa shape index (κ1) is 31.5. The second-order valence-electron chi connectivity index (χ2n) is 9.25. The van der Waals surface area contributed by atoms with Gasteiger partial charge in [0.25, 0.3) is 0 Å². The molecule has 1 aromatic heterocycles. The van der Waals surface area contributed by atoms with Crippen LogP contribution >= 0.6 is 11.5 Å². The first-order chi connectivity index (χ1) is 18.4. The number of hydrogen-bond acceptors (Lipinski definition) is 8. The van der Waals surface area contributed by atoms with E-state index in [2.05, 4.69) is 44.1 Å². The summed E-state index contributed by atoms with van der Waals surface area (Å²) in [5, 5.41) is 3.54. The third kappa shape index (κ3) is 13.2. The Balaban J connectivity index is 1.85. The standard InChI is InChI=1S/C26H42N6O4S2/c1-4-6-8-10-11-13-17-22(16-12-9-7-5-2)27-25(34)29-30-26-28-24(31-37-26)21-15-14-18-23(19-21)36-38(35)32-20(3)33/h14-15,18-19,22H,4-13,16-17H2,1-3H3,(H,32,33)(H2,27,29,34)(H,28,30,31). The third-order valence-corrected chi connectivity index (χ3v) is 7.28. The topological polar surface area (TPSA) is 134 Å². The normalized spacial score (nSPS) is 12.4. The van der Waals surface area contributed by atoms with E-state index in [1.54, 1.807) is 24.3 Å². The van der Waals surface area contributed by atoms with Crippen LogP contribution in [0.15, 0.2) is 24.3 Å². The maximum atomic E-state index is 12.6. The molecule has 4 N–H and O–H groups in total. The number of urea groups is 1. The van der Waals surface area contributed by atoms with Crippen molar-refractivity contribution < 1.29 is 18.0 Å². The highest BCUT2D eigenvalue weighted by molar-refractivity contribution is 7.79. The van der Waals surface area contributed by atoms with Crippen molar-refractivity contribution in [2.75, 3.05) is 5.43 Å². The first-order valence-electron chi connectivity index (χ1n) is 13.5. The van der Waals surface area contributed by atoms with E-state index in [1.165, 1.54) is 58.3 Å². The van der Waals surface area contributed by atoms with Gasteiger partial charge in [-0.05, 0) is 25.0 Å². The molecule has 2 rings (SSSR count). The number of carbonyl (C=O) groups is 2. The van der Waals surface area contributed by atoms with Crippen LogP contribution in [0.2, 0.25) is 0 Å². The number of amides is 3. The van der Waals surface area contributed by atoms with Crippen LogP contribution in [0.4, 0.5) is 9.93 Å². The number of nitrogens with zero attached hydrogens (tertiary/aromatic N) is 2. The number of benzene rings is 1. The van der Waals surface area contributed by atoms with E-state index in [1.807, 2.05) is 0 Å². The Morgan fingerprint density at radius 1 is 1.00 bits per heavy atom. The number of aromatic nitrogens is 2. The lowest BCUT2D eigenvalue weighted by Gasteiger charge is -2.19. The Morgan fingerprint density at radius 3 is 2.34 bits per heavy atom. The van der Waals surface area contributed by atoms with Gasteiger partial charge >= 0.3 is 17.3 Å². The van der Waals surface area contributed by atoms with E-state index in [0.717, 1.165) is 37.2 Å². The molecule has 0 spiro atoms. The van der Waals surface area contributed by atoms with Crippen molar-refractivity contribution in [2.45, 2.75) is 104 Å². The van der Waals surface area contributed by atoms with Crippen molar-refractivity contribution in [1.82, 2.24) is 24.8 Å². The molecule has 0 aliphatic heterocycles. The Hall–Kier alpha value is -2.73. The van der Waals surface area contributed by atoms with Gasteiger partial charge in [-0.2, -0.15) is 13.6 Å². The monoisotopic (exact) mass is 566 g/mol. The molecular formula is C26H42N6O4S2. The molecule has 1 aromatic carbocycles. The molecule has 2 aromatic rings. The summed E-state index contributed by atoms with van der Waals surface area (Å²) in [5.41, 5.74) is 6.14. The summed E-state index contributed by atoms with van der Waals surface area (Å²) in [6.07, 6.45) is 14.1. The molecule has 0 bridgehead atoms. The predicted molar refractivity (Wildman–Crippen MR) is 154 cm³/mol. The largest absolute Gasteiger partial charge is 0.385 e. The highest BCUT2D eigenvalue weighted by atomic mass is 32.2. The van der Waals surface area contributed by atoms with E-state index < -0.39 is 17.2 Å². The summed E-state index contributed by atoms with van der Waals surface area (Å²) in [6.45, 7) is 5.68. The lowest BCUT2D eigenvalue weighted by atomic mass is 10.0. The maximum absolute atomic E-state index is 12.6. The van der Waals surface area contributed by atoms with E-state index in [9.17, 15) is 13.8 Å². The summed E-state index contributed by atoms with van der Waals surface area (Å²) in [5.74, 6) is 0.261. The van der Waals surface area contributed by atoms with Crippen molar-refractivity contribution in [3.63, 3.8) is 0 Å². The molecular weight excluding hydrogens is 524 g/mol. The number of unbranched alkanes of at least 4 members (excludes halogenated alkanes) is 8. The van der Waals surface area contributed by atoms with Crippen LogP contribution in [0.3, 0.4) is 0 Å². The van der Waals surface area contributed by atoms with E-state index >= 15 is 0 Å². The lowest BCUT2D eigenvalue weighted by Crippen LogP contribution is -2.44. The van der Waals surface area contributed by atoms with Crippen molar-refractivity contribution in [1.29, 1.82) is 0 Å². The first-order valence-corrected chi connectivity index (χ1v) is 15.4. The average Bonchev–Trinajstić information content (AvgIpc) is 3.36. The molecule has 10 nitrogen and oxygen atoms in total. The van der Waals surface area contributed by atoms with Gasteiger partial charge in [-0.15, -0.1) is 0 Å². The minimum absolute atomic E-state index is 0.149. The molecule has 2 atom stereocenters. The van der Waals surface area contributed by atoms with Crippen molar-refractivity contribution in [3.05, 3.63) is 24.3 Å². The fourth-order valence-electron chi connectivity index (χ4n) is 3.91. The zero-order valence-corrected chi connectivity index (χ0v) is 24.3. The van der Waals surface area contributed by atoms with Crippen LogP contribution < -0.4 is 25.1 Å². The Bertz CT molecular complexity index is 1000. The molecule has 3 amide bonds. The molecule has 0 saturated carbocycles. The van der Waals surface area contributed by atoms with Crippen molar-refractivity contribution in [2.24, 2.45) is 0 Å². The van der Waals surface area contributed by atoms with Gasteiger partial charge in [-0.25, -0.2) is 14.9 Å². The molecule has 2 unspecified atom stereocenters. The van der Waals surface area contributed by atoms with Gasteiger partial charge in [0.2, 0.25) is 11.0 Å². The number of anilines is 1. The summed E-state index contributed by atoms with van der Waals surface area (Å²) in [7, 11) is 0. The predicted octanol–water partition coefficient (Wildman–Crippen LogP) is 6.01. The summed E-state index contributed by atoms with van der Waals surface area (Å²) < 4.78 is 23.5. The number of nitrogens with one attached hydrogen (secondary N) is 4.